The van der Waals surface area contributed by atoms with Gasteiger partial charge in [-0.3, -0.25) is 11.3 Å². The highest BCUT2D eigenvalue weighted by Gasteiger charge is 2.27. The first-order valence-electron chi connectivity index (χ1n) is 4.47. The minimum absolute atomic E-state index is 0.0109. The largest absolute Gasteiger partial charge is 0.411 e. The zero-order valence-electron chi connectivity index (χ0n) is 8.40. The van der Waals surface area contributed by atoms with E-state index in [9.17, 15) is 13.2 Å². The first kappa shape index (κ1) is 13.7. The number of nitrogens with two attached hydrogens (primary N) is 1. The second-order valence-electron chi connectivity index (χ2n) is 3.47. The van der Waals surface area contributed by atoms with Crippen molar-refractivity contribution in [1.82, 2.24) is 5.43 Å². The zero-order valence-corrected chi connectivity index (χ0v) is 8.40. The van der Waals surface area contributed by atoms with Gasteiger partial charge >= 0.3 is 6.18 Å². The molecule has 0 rings (SSSR count). The quantitative estimate of drug-likeness (QED) is 0.399. The van der Waals surface area contributed by atoms with E-state index in [1.807, 2.05) is 13.8 Å². The molecule has 6 heteroatoms. The van der Waals surface area contributed by atoms with Crippen molar-refractivity contribution < 1.29 is 17.9 Å². The number of rotatable bonds is 6. The fourth-order valence-corrected chi connectivity index (χ4v) is 1.01. The van der Waals surface area contributed by atoms with Crippen LogP contribution in [0.4, 0.5) is 13.2 Å². The van der Waals surface area contributed by atoms with E-state index >= 15 is 0 Å². The molecule has 14 heavy (non-hydrogen) atoms. The molecule has 0 aromatic heterocycles. The number of hydrogen-bond acceptors (Lipinski definition) is 3. The molecule has 0 aliphatic carbocycles. The number of alkyl halides is 3. The maximum atomic E-state index is 11.7. The van der Waals surface area contributed by atoms with Gasteiger partial charge in [0.25, 0.3) is 0 Å². The van der Waals surface area contributed by atoms with E-state index in [1.165, 1.54) is 0 Å². The van der Waals surface area contributed by atoms with E-state index in [0.717, 1.165) is 0 Å². The summed E-state index contributed by atoms with van der Waals surface area (Å²) < 4.78 is 39.4. The average molecular weight is 214 g/mol. The lowest BCUT2D eigenvalue weighted by molar-refractivity contribution is -0.174. The molecule has 0 saturated heterocycles. The van der Waals surface area contributed by atoms with Crippen molar-refractivity contribution in [3.8, 4) is 0 Å². The van der Waals surface area contributed by atoms with Gasteiger partial charge in [0.1, 0.15) is 6.61 Å². The highest BCUT2D eigenvalue weighted by Crippen LogP contribution is 2.15. The number of hydrogen-bond donors (Lipinski definition) is 2. The van der Waals surface area contributed by atoms with Crippen LogP contribution >= 0.6 is 0 Å². The van der Waals surface area contributed by atoms with Gasteiger partial charge in [0.05, 0.1) is 0 Å². The van der Waals surface area contributed by atoms with Gasteiger partial charge < -0.3 is 4.74 Å². The van der Waals surface area contributed by atoms with Crippen LogP contribution in [0.5, 0.6) is 0 Å². The van der Waals surface area contributed by atoms with Crippen molar-refractivity contribution in [3.05, 3.63) is 0 Å². The summed E-state index contributed by atoms with van der Waals surface area (Å²) in [7, 11) is 0. The van der Waals surface area contributed by atoms with Crippen molar-refractivity contribution in [3.63, 3.8) is 0 Å². The number of nitrogens with one attached hydrogen (secondary N) is 1. The lowest BCUT2D eigenvalue weighted by Gasteiger charge is -2.19. The summed E-state index contributed by atoms with van der Waals surface area (Å²) >= 11 is 0. The second kappa shape index (κ2) is 6.21. The lowest BCUT2D eigenvalue weighted by Crippen LogP contribution is -2.39. The Bertz CT molecular complexity index is 150. The van der Waals surface area contributed by atoms with Gasteiger partial charge in [-0.15, -0.1) is 0 Å². The van der Waals surface area contributed by atoms with Crippen LogP contribution in [0.15, 0.2) is 0 Å². The summed E-state index contributed by atoms with van der Waals surface area (Å²) in [4.78, 5) is 0. The molecule has 0 aromatic carbocycles. The molecule has 0 heterocycles. The van der Waals surface area contributed by atoms with Crippen molar-refractivity contribution in [2.45, 2.75) is 32.5 Å². The summed E-state index contributed by atoms with van der Waals surface area (Å²) in [6.07, 6.45) is -3.77. The standard InChI is InChI=1S/C8H17F3N2O/c1-6(2)7(13-12)3-4-14-5-8(9,10)11/h6-7,13H,3-5,12H2,1-2H3. The molecule has 0 bridgehead atoms. The van der Waals surface area contributed by atoms with E-state index in [0.29, 0.717) is 6.42 Å². The topological polar surface area (TPSA) is 47.3 Å². The van der Waals surface area contributed by atoms with Gasteiger partial charge in [-0.05, 0) is 12.3 Å². The minimum atomic E-state index is -4.25. The summed E-state index contributed by atoms with van der Waals surface area (Å²) in [6, 6.07) is -0.0109. The Hall–Kier alpha value is -0.330. The molecular formula is C8H17F3N2O. The molecule has 0 fully saturated rings. The molecule has 0 amide bonds. The Kier molecular flexibility index (Phi) is 6.06. The Morgan fingerprint density at radius 1 is 1.36 bits per heavy atom. The Morgan fingerprint density at radius 3 is 2.29 bits per heavy atom. The molecule has 1 unspecified atom stereocenters. The van der Waals surface area contributed by atoms with Crippen LogP contribution in [-0.2, 0) is 4.74 Å². The molecule has 86 valence electrons. The van der Waals surface area contributed by atoms with Crippen LogP contribution in [0, 0.1) is 5.92 Å². The molecule has 0 saturated carbocycles. The second-order valence-corrected chi connectivity index (χ2v) is 3.47. The normalized spacial score (nSPS) is 14.8. The first-order chi connectivity index (χ1) is 6.37. The highest BCUT2D eigenvalue weighted by atomic mass is 19.4. The Morgan fingerprint density at radius 2 is 1.93 bits per heavy atom. The Balaban J connectivity index is 3.52. The molecule has 0 aromatic rings. The fourth-order valence-electron chi connectivity index (χ4n) is 1.01. The Labute approximate surface area is 81.8 Å². The van der Waals surface area contributed by atoms with E-state index in [2.05, 4.69) is 10.2 Å². The summed E-state index contributed by atoms with van der Waals surface area (Å²) in [5.74, 6) is 5.49. The first-order valence-corrected chi connectivity index (χ1v) is 4.47. The lowest BCUT2D eigenvalue weighted by atomic mass is 10.0. The highest BCUT2D eigenvalue weighted by molar-refractivity contribution is 4.66. The van der Waals surface area contributed by atoms with Crippen LogP contribution in [0.3, 0.4) is 0 Å². The smallest absolute Gasteiger partial charge is 0.372 e. The van der Waals surface area contributed by atoms with Gasteiger partial charge in [0, 0.05) is 12.6 Å². The van der Waals surface area contributed by atoms with Gasteiger partial charge in [-0.2, -0.15) is 13.2 Å². The maximum Gasteiger partial charge on any atom is 0.411 e. The molecule has 3 N–H and O–H groups in total. The monoisotopic (exact) mass is 214 g/mol. The van der Waals surface area contributed by atoms with Gasteiger partial charge in [0.15, 0.2) is 0 Å². The van der Waals surface area contributed by atoms with Crippen LogP contribution < -0.4 is 11.3 Å². The molecule has 0 aliphatic rings. The van der Waals surface area contributed by atoms with Crippen molar-refractivity contribution in [2.24, 2.45) is 11.8 Å². The van der Waals surface area contributed by atoms with Crippen molar-refractivity contribution in [1.29, 1.82) is 0 Å². The van der Waals surface area contributed by atoms with Crippen LogP contribution in [0.1, 0.15) is 20.3 Å². The zero-order chi connectivity index (χ0) is 11.2. The van der Waals surface area contributed by atoms with Gasteiger partial charge in [-0.1, -0.05) is 13.8 Å². The van der Waals surface area contributed by atoms with Crippen molar-refractivity contribution in [2.75, 3.05) is 13.2 Å². The minimum Gasteiger partial charge on any atom is -0.372 e. The van der Waals surface area contributed by atoms with Gasteiger partial charge in [0.2, 0.25) is 0 Å². The number of halogens is 3. The maximum absolute atomic E-state index is 11.7. The van der Waals surface area contributed by atoms with E-state index in [1.54, 1.807) is 0 Å². The molecule has 0 spiro atoms. The molecule has 0 radical (unpaired) electrons. The van der Waals surface area contributed by atoms with Crippen molar-refractivity contribution >= 4 is 0 Å². The number of ether oxygens (including phenoxy) is 1. The molecule has 3 nitrogen and oxygen atoms in total. The fraction of sp³-hybridized carbons (Fsp3) is 1.00. The van der Waals surface area contributed by atoms with Crippen LogP contribution in [0.2, 0.25) is 0 Å². The third-order valence-electron chi connectivity index (χ3n) is 1.86. The van der Waals surface area contributed by atoms with Crippen LogP contribution in [-0.4, -0.2) is 25.4 Å². The van der Waals surface area contributed by atoms with E-state index in [-0.39, 0.29) is 18.6 Å². The summed E-state index contributed by atoms with van der Waals surface area (Å²) in [6.45, 7) is 2.75. The molecule has 0 aliphatic heterocycles. The van der Waals surface area contributed by atoms with E-state index < -0.39 is 12.8 Å². The molecule has 1 atom stereocenters. The predicted octanol–water partition coefficient (Wildman–Crippen LogP) is 1.44. The third-order valence-corrected chi connectivity index (χ3v) is 1.86. The van der Waals surface area contributed by atoms with Gasteiger partial charge in [-0.25, -0.2) is 0 Å². The summed E-state index contributed by atoms with van der Waals surface area (Å²) in [5, 5.41) is 0. The number of hydrazine groups is 1. The average Bonchev–Trinajstić information content (AvgIpc) is 2.01. The predicted molar refractivity (Wildman–Crippen MR) is 47.4 cm³/mol. The summed E-state index contributed by atoms with van der Waals surface area (Å²) in [5.41, 5.74) is 2.54. The third kappa shape index (κ3) is 7.11. The van der Waals surface area contributed by atoms with E-state index in [4.69, 9.17) is 5.84 Å². The molecular weight excluding hydrogens is 197 g/mol. The van der Waals surface area contributed by atoms with Crippen LogP contribution in [0.25, 0.3) is 0 Å². The SMILES string of the molecule is CC(C)C(CCOCC(F)(F)F)NN.